The molecule has 6 nitrogen and oxygen atoms in total. The largest absolute Gasteiger partial charge is 1.00 e. The molecule has 7 heteroatoms. The quantitative estimate of drug-likeness (QED) is 0.316. The first-order valence-corrected chi connectivity index (χ1v) is 6.80. The summed E-state index contributed by atoms with van der Waals surface area (Å²) in [7, 11) is 1.56. The van der Waals surface area contributed by atoms with Crippen LogP contribution in [0, 0.1) is 62.6 Å². The van der Waals surface area contributed by atoms with E-state index >= 15 is 0 Å². The fraction of sp³-hybridized carbons (Fsp3) is 0.0526. The number of rotatable bonds is 5. The van der Waals surface area contributed by atoms with E-state index in [-0.39, 0.29) is 62.5 Å². The molecule has 0 spiro atoms. The predicted octanol–water partition coefficient (Wildman–Crippen LogP) is 0.128. The zero-order chi connectivity index (χ0) is 18.7. The van der Waals surface area contributed by atoms with Crippen molar-refractivity contribution in [3.05, 3.63) is 64.6 Å². The summed E-state index contributed by atoms with van der Waals surface area (Å²) in [5.74, 6) is 0.231. The minimum Gasteiger partial charge on any atom is -0.497 e. The minimum atomic E-state index is -0.469. The van der Waals surface area contributed by atoms with Crippen molar-refractivity contribution in [2.24, 2.45) is 0 Å². The Morgan fingerprint density at radius 1 is 0.962 bits per heavy atom. The number of methoxy groups -OCH3 is 1. The van der Waals surface area contributed by atoms with Crippen LogP contribution in [0.5, 0.6) is 5.75 Å². The molecule has 0 radical (unpaired) electrons. The van der Waals surface area contributed by atoms with Crippen LogP contribution in [-0.4, -0.2) is 7.11 Å². The van der Waals surface area contributed by atoms with E-state index in [9.17, 15) is 5.26 Å². The van der Waals surface area contributed by atoms with Crippen molar-refractivity contribution in [3.63, 3.8) is 0 Å². The third kappa shape index (κ3) is 6.25. The van der Waals surface area contributed by atoms with Crippen molar-refractivity contribution >= 4 is 6.08 Å². The van der Waals surface area contributed by atoms with E-state index in [1.807, 2.05) is 6.07 Å². The van der Waals surface area contributed by atoms with Gasteiger partial charge in [0.1, 0.15) is 5.75 Å². The van der Waals surface area contributed by atoms with Gasteiger partial charge in [0.05, 0.1) is 7.11 Å². The van der Waals surface area contributed by atoms with Crippen LogP contribution in [0.1, 0.15) is 5.56 Å². The number of nitriles is 5. The normalized spacial score (nSPS) is 9.31. The maximum Gasteiger partial charge on any atom is 1.00 e. The first-order chi connectivity index (χ1) is 12.1. The van der Waals surface area contributed by atoms with Crippen LogP contribution in [0.15, 0.2) is 53.1 Å². The Kier molecular flexibility index (Phi) is 11.2. The van der Waals surface area contributed by atoms with Gasteiger partial charge in [-0.15, -0.1) is 11.6 Å². The van der Waals surface area contributed by atoms with E-state index in [0.717, 1.165) is 5.56 Å². The van der Waals surface area contributed by atoms with Gasteiger partial charge in [0.15, 0.2) is 0 Å². The van der Waals surface area contributed by atoms with Crippen LogP contribution in [0.25, 0.3) is 6.08 Å². The molecule has 1 aromatic carbocycles. The van der Waals surface area contributed by atoms with Gasteiger partial charge in [-0.05, 0) is 23.3 Å². The molecule has 0 saturated heterocycles. The summed E-state index contributed by atoms with van der Waals surface area (Å²) in [5, 5.41) is 45.3. The van der Waals surface area contributed by atoms with Crippen LogP contribution in [0.2, 0.25) is 0 Å². The second-order valence-electron chi connectivity index (χ2n) is 4.40. The molecular weight excluding hydrogens is 353 g/mol. The number of nitrogens with zero attached hydrogens (tertiary/aromatic N) is 5. The van der Waals surface area contributed by atoms with Crippen molar-refractivity contribution in [1.82, 2.24) is 0 Å². The Balaban J connectivity index is 0.00000625. The number of benzene rings is 1. The van der Waals surface area contributed by atoms with Crippen molar-refractivity contribution in [2.45, 2.75) is 0 Å². The van der Waals surface area contributed by atoms with Gasteiger partial charge < -0.3 is 4.74 Å². The molecule has 0 aromatic heterocycles. The summed E-state index contributed by atoms with van der Waals surface area (Å²) in [6.07, 6.45) is 4.55. The smallest absolute Gasteiger partial charge is 0.497 e. The number of ether oxygens (including phenoxy) is 1. The second kappa shape index (κ2) is 12.5. The molecule has 0 aliphatic carbocycles. The summed E-state index contributed by atoms with van der Waals surface area (Å²) < 4.78 is 5.05. The summed E-state index contributed by atoms with van der Waals surface area (Å²) in [5.41, 5.74) is -0.0352. The van der Waals surface area contributed by atoms with Crippen molar-refractivity contribution in [1.29, 1.82) is 26.3 Å². The van der Waals surface area contributed by atoms with Crippen molar-refractivity contribution in [2.75, 3.05) is 7.11 Å². The van der Waals surface area contributed by atoms with Crippen LogP contribution in [0.3, 0.4) is 0 Å². The zero-order valence-electron chi connectivity index (χ0n) is 14.2. The number of hydrogen-bond donors (Lipinski definition) is 0. The molecule has 1 aromatic rings. The van der Waals surface area contributed by atoms with Gasteiger partial charge in [-0.2, -0.15) is 0 Å². The molecule has 26 heavy (non-hydrogen) atoms. The van der Waals surface area contributed by atoms with Crippen molar-refractivity contribution in [3.8, 4) is 36.1 Å². The zero-order valence-corrected chi connectivity index (χ0v) is 17.3. The summed E-state index contributed by atoms with van der Waals surface area (Å²) in [6.45, 7) is 0. The Morgan fingerprint density at radius 3 is 1.96 bits per heavy atom. The van der Waals surface area contributed by atoms with E-state index in [4.69, 9.17) is 25.8 Å². The molecule has 118 valence electrons. The van der Waals surface area contributed by atoms with Gasteiger partial charge in [-0.3, -0.25) is 0 Å². The van der Waals surface area contributed by atoms with Crippen molar-refractivity contribution < 1.29 is 56.1 Å². The van der Waals surface area contributed by atoms with Crippen LogP contribution >= 0.6 is 0 Å². The Bertz CT molecular complexity index is 909. The number of hydrogen-bond acceptors (Lipinski definition) is 6. The Morgan fingerprint density at radius 2 is 1.54 bits per heavy atom. The third-order valence-corrected chi connectivity index (χ3v) is 3.00. The predicted molar refractivity (Wildman–Crippen MR) is 88.4 cm³/mol. The topological polar surface area (TPSA) is 128 Å². The minimum absolute atomic E-state index is 0. The average molecular weight is 363 g/mol. The summed E-state index contributed by atoms with van der Waals surface area (Å²) >= 11 is 0. The van der Waals surface area contributed by atoms with E-state index < -0.39 is 11.5 Å². The molecule has 0 unspecified atom stereocenters. The van der Waals surface area contributed by atoms with Gasteiger partial charge in [0, 0.05) is 41.8 Å². The summed E-state index contributed by atoms with van der Waals surface area (Å²) in [4.78, 5) is 0. The molecule has 0 amide bonds. The second-order valence-corrected chi connectivity index (χ2v) is 4.40. The molecular formula is C19H10KN5O. The van der Waals surface area contributed by atoms with E-state index in [1.54, 1.807) is 61.7 Å². The maximum atomic E-state index is 9.29. The fourth-order valence-corrected chi connectivity index (χ4v) is 1.81. The molecule has 0 aliphatic heterocycles. The molecule has 1 rings (SSSR count). The standard InChI is InChI=1S/C19H10N5O.K/c1-25-18-7-5-14(6-8-18)3-2-4-15(9-20)19(16(10-21)11-22)17(12-23)13-24;/h2-8H,1H3;/q-1;+1/b3-2+,15-4+;. The van der Waals surface area contributed by atoms with Gasteiger partial charge in [-0.25, -0.2) is 26.3 Å². The molecule has 0 aliphatic rings. The van der Waals surface area contributed by atoms with Crippen LogP contribution in [0.4, 0.5) is 0 Å². The number of allylic oxidation sites excluding steroid dienone is 5. The average Bonchev–Trinajstić information content (AvgIpc) is 2.66. The molecule has 0 fully saturated rings. The molecule has 0 N–H and O–H groups in total. The maximum absolute atomic E-state index is 9.29. The van der Waals surface area contributed by atoms with Crippen LogP contribution < -0.4 is 56.1 Å². The van der Waals surface area contributed by atoms with Crippen LogP contribution in [-0.2, 0) is 0 Å². The van der Waals surface area contributed by atoms with E-state index in [2.05, 4.69) is 0 Å². The van der Waals surface area contributed by atoms with Gasteiger partial charge in [0.2, 0.25) is 0 Å². The van der Waals surface area contributed by atoms with E-state index in [1.165, 1.54) is 12.2 Å². The SMILES string of the molecule is COc1ccc(/C=C/C=C(\C#N)C(=C(C#N)C#N)[C-](C#N)C#N)cc1.[K+]. The monoisotopic (exact) mass is 363 g/mol. The molecule has 0 atom stereocenters. The fourth-order valence-electron chi connectivity index (χ4n) is 1.81. The first-order valence-electron chi connectivity index (χ1n) is 6.80. The first kappa shape index (κ1) is 23.2. The van der Waals surface area contributed by atoms with E-state index in [0.29, 0.717) is 5.75 Å². The molecule has 0 heterocycles. The Hall–Kier alpha value is -2.80. The molecule has 0 bridgehead atoms. The summed E-state index contributed by atoms with van der Waals surface area (Å²) in [6, 6.07) is 15.3. The molecule has 0 saturated carbocycles. The van der Waals surface area contributed by atoms with Gasteiger partial charge in [0.25, 0.3) is 0 Å². The van der Waals surface area contributed by atoms with Gasteiger partial charge >= 0.3 is 51.4 Å². The Labute approximate surface area is 194 Å². The third-order valence-electron chi connectivity index (χ3n) is 3.00. The van der Waals surface area contributed by atoms with Gasteiger partial charge in [-0.1, -0.05) is 24.3 Å².